The van der Waals surface area contributed by atoms with Gasteiger partial charge in [-0.3, -0.25) is 0 Å². The van der Waals surface area contributed by atoms with Gasteiger partial charge in [-0.1, -0.05) is 80.6 Å². The number of allylic oxidation sites excluding steroid dienone is 2. The van der Waals surface area contributed by atoms with Crippen molar-refractivity contribution in [2.45, 2.75) is 72.6 Å². The molecule has 0 radical (unpaired) electrons. The van der Waals surface area contributed by atoms with Crippen LogP contribution in [0.15, 0.2) is 42.0 Å². The van der Waals surface area contributed by atoms with Gasteiger partial charge in [0.05, 0.1) is 5.02 Å². The molecule has 0 aliphatic carbocycles. The third kappa shape index (κ3) is 5.45. The molecule has 0 spiro atoms. The van der Waals surface area contributed by atoms with Crippen molar-refractivity contribution in [2.75, 3.05) is 0 Å². The molecule has 0 fully saturated rings. The molecule has 1 unspecified atom stereocenters. The van der Waals surface area contributed by atoms with Crippen LogP contribution in [0.3, 0.4) is 0 Å². The molecule has 2 rings (SSSR count). The van der Waals surface area contributed by atoms with E-state index in [1.807, 2.05) is 6.07 Å². The summed E-state index contributed by atoms with van der Waals surface area (Å²) in [6.45, 7) is 10.9. The van der Waals surface area contributed by atoms with Gasteiger partial charge in [0, 0.05) is 5.92 Å². The molecule has 146 valence electrons. The van der Waals surface area contributed by atoms with Crippen molar-refractivity contribution in [2.24, 2.45) is 0 Å². The molecule has 0 heterocycles. The summed E-state index contributed by atoms with van der Waals surface area (Å²) < 4.78 is 14.1. The highest BCUT2D eigenvalue weighted by atomic mass is 35.5. The van der Waals surface area contributed by atoms with Gasteiger partial charge in [-0.25, -0.2) is 4.39 Å². The summed E-state index contributed by atoms with van der Waals surface area (Å²) in [5.41, 5.74) is 7.48. The maximum atomic E-state index is 14.1. The Kier molecular flexibility index (Phi) is 8.10. The molecule has 0 aromatic heterocycles. The number of benzene rings is 2. The fourth-order valence-electron chi connectivity index (χ4n) is 3.61. The molecule has 1 atom stereocenters. The fourth-order valence-corrected chi connectivity index (χ4v) is 3.77. The topological polar surface area (TPSA) is 0 Å². The van der Waals surface area contributed by atoms with Crippen LogP contribution in [0.4, 0.5) is 4.39 Å². The minimum Gasteiger partial charge on any atom is -0.205 e. The first kappa shape index (κ1) is 21.7. The second-order valence-corrected chi connectivity index (χ2v) is 7.98. The minimum absolute atomic E-state index is 0.217. The maximum Gasteiger partial charge on any atom is 0.142 e. The largest absolute Gasteiger partial charge is 0.205 e. The fraction of sp³-hybridized carbons (Fsp3) is 0.440. The van der Waals surface area contributed by atoms with Crippen LogP contribution in [0, 0.1) is 12.7 Å². The zero-order valence-corrected chi connectivity index (χ0v) is 18.1. The second kappa shape index (κ2) is 10.1. The molecule has 0 aliphatic rings. The van der Waals surface area contributed by atoms with Crippen LogP contribution in [-0.4, -0.2) is 0 Å². The van der Waals surface area contributed by atoms with Gasteiger partial charge in [-0.15, -0.1) is 0 Å². The molecule has 2 aromatic rings. The molecule has 2 aromatic carbocycles. The SMILES string of the molecule is CCCC/C(=C(/C)C(C)c1ccc(C)cc1)c1cc(Cl)c(F)cc1CCC. The highest BCUT2D eigenvalue weighted by Crippen LogP contribution is 2.37. The summed E-state index contributed by atoms with van der Waals surface area (Å²) >= 11 is 6.19. The van der Waals surface area contributed by atoms with E-state index in [1.165, 1.54) is 22.3 Å². The Hall–Kier alpha value is -1.60. The van der Waals surface area contributed by atoms with Gasteiger partial charge in [0.2, 0.25) is 0 Å². The van der Waals surface area contributed by atoms with E-state index in [9.17, 15) is 4.39 Å². The van der Waals surface area contributed by atoms with Crippen molar-refractivity contribution in [1.82, 2.24) is 0 Å². The average molecular weight is 387 g/mol. The Bertz CT molecular complexity index is 787. The minimum atomic E-state index is -0.317. The Morgan fingerprint density at radius 2 is 1.74 bits per heavy atom. The molecular formula is C25H32ClF. The lowest BCUT2D eigenvalue weighted by atomic mass is 9.84. The number of halogens is 2. The Balaban J connectivity index is 2.57. The average Bonchev–Trinajstić information content (AvgIpc) is 2.65. The van der Waals surface area contributed by atoms with E-state index in [0.29, 0.717) is 5.92 Å². The van der Waals surface area contributed by atoms with E-state index in [-0.39, 0.29) is 10.8 Å². The van der Waals surface area contributed by atoms with Crippen LogP contribution in [-0.2, 0) is 6.42 Å². The van der Waals surface area contributed by atoms with Gasteiger partial charge in [0.25, 0.3) is 0 Å². The molecule has 0 amide bonds. The number of hydrogen-bond acceptors (Lipinski definition) is 0. The predicted molar refractivity (Wildman–Crippen MR) is 117 cm³/mol. The smallest absolute Gasteiger partial charge is 0.142 e. The van der Waals surface area contributed by atoms with Gasteiger partial charge < -0.3 is 0 Å². The van der Waals surface area contributed by atoms with Crippen molar-refractivity contribution < 1.29 is 4.39 Å². The molecule has 0 saturated heterocycles. The Labute approximate surface area is 169 Å². The quantitative estimate of drug-likeness (QED) is 0.426. The van der Waals surface area contributed by atoms with Crippen LogP contribution in [0.25, 0.3) is 5.57 Å². The lowest BCUT2D eigenvalue weighted by molar-refractivity contribution is 0.625. The van der Waals surface area contributed by atoms with E-state index in [1.54, 1.807) is 6.07 Å². The molecule has 2 heteroatoms. The molecule has 27 heavy (non-hydrogen) atoms. The highest BCUT2D eigenvalue weighted by Gasteiger charge is 2.18. The lowest BCUT2D eigenvalue weighted by Gasteiger charge is -2.22. The summed E-state index contributed by atoms with van der Waals surface area (Å²) in [6.07, 6.45) is 5.10. The molecule has 0 saturated carbocycles. The van der Waals surface area contributed by atoms with Crippen LogP contribution in [0.1, 0.15) is 81.5 Å². The summed E-state index contributed by atoms with van der Waals surface area (Å²) in [5.74, 6) is -0.00120. The molecule has 0 bridgehead atoms. The summed E-state index contributed by atoms with van der Waals surface area (Å²) in [4.78, 5) is 0. The predicted octanol–water partition coefficient (Wildman–Crippen LogP) is 8.51. The van der Waals surface area contributed by atoms with Crippen LogP contribution >= 0.6 is 11.6 Å². The van der Waals surface area contributed by atoms with E-state index < -0.39 is 0 Å². The molecule has 0 nitrogen and oxygen atoms in total. The molecule has 0 N–H and O–H groups in total. The van der Waals surface area contributed by atoms with Crippen LogP contribution in [0.2, 0.25) is 5.02 Å². The van der Waals surface area contributed by atoms with Gasteiger partial charge in [-0.2, -0.15) is 0 Å². The monoisotopic (exact) mass is 386 g/mol. The zero-order chi connectivity index (χ0) is 20.0. The number of rotatable bonds is 8. The van der Waals surface area contributed by atoms with Gasteiger partial charge in [-0.05, 0) is 67.5 Å². The van der Waals surface area contributed by atoms with Gasteiger partial charge in [0.1, 0.15) is 5.82 Å². The first-order valence-electron chi connectivity index (χ1n) is 10.1. The number of aryl methyl sites for hydroxylation is 2. The first-order valence-corrected chi connectivity index (χ1v) is 10.5. The van der Waals surface area contributed by atoms with Gasteiger partial charge >= 0.3 is 0 Å². The van der Waals surface area contributed by atoms with Crippen molar-refractivity contribution >= 4 is 17.2 Å². The molecular weight excluding hydrogens is 355 g/mol. The second-order valence-electron chi connectivity index (χ2n) is 7.57. The van der Waals surface area contributed by atoms with E-state index in [4.69, 9.17) is 11.6 Å². The summed E-state index contributed by atoms with van der Waals surface area (Å²) in [5, 5.41) is 0.217. The van der Waals surface area contributed by atoms with Gasteiger partial charge in [0.15, 0.2) is 0 Å². The third-order valence-corrected chi connectivity index (χ3v) is 5.76. The zero-order valence-electron chi connectivity index (χ0n) is 17.3. The van der Waals surface area contributed by atoms with Crippen LogP contribution in [0.5, 0.6) is 0 Å². The summed E-state index contributed by atoms with van der Waals surface area (Å²) in [7, 11) is 0. The van der Waals surface area contributed by atoms with E-state index >= 15 is 0 Å². The standard InChI is InChI=1S/C25H32ClF/c1-6-8-10-22(19(5)18(4)20-13-11-17(3)12-14-20)23-16-24(26)25(27)15-21(23)9-7-2/h11-16,18H,6-10H2,1-5H3/b22-19+. The van der Waals surface area contributed by atoms with E-state index in [2.05, 4.69) is 58.9 Å². The Morgan fingerprint density at radius 3 is 2.33 bits per heavy atom. The highest BCUT2D eigenvalue weighted by molar-refractivity contribution is 6.31. The first-order chi connectivity index (χ1) is 12.9. The van der Waals surface area contributed by atoms with Crippen LogP contribution < -0.4 is 0 Å². The van der Waals surface area contributed by atoms with E-state index in [0.717, 1.165) is 43.2 Å². The summed E-state index contributed by atoms with van der Waals surface area (Å²) in [6, 6.07) is 12.2. The number of hydrogen-bond donors (Lipinski definition) is 0. The Morgan fingerprint density at radius 1 is 1.07 bits per heavy atom. The van der Waals surface area contributed by atoms with Crippen molar-refractivity contribution in [1.29, 1.82) is 0 Å². The maximum absolute atomic E-state index is 14.1. The normalized spacial score (nSPS) is 13.4. The van der Waals surface area contributed by atoms with Crippen molar-refractivity contribution in [3.8, 4) is 0 Å². The lowest BCUT2D eigenvalue weighted by Crippen LogP contribution is -2.03. The third-order valence-electron chi connectivity index (χ3n) is 5.47. The van der Waals surface area contributed by atoms with Crippen molar-refractivity contribution in [3.05, 3.63) is 75.1 Å². The van der Waals surface area contributed by atoms with Crippen molar-refractivity contribution in [3.63, 3.8) is 0 Å². The molecule has 0 aliphatic heterocycles. The number of unbranched alkanes of at least 4 members (excludes halogenated alkanes) is 1.